The molecule has 0 radical (unpaired) electrons. The Balaban J connectivity index is 1.67. The van der Waals surface area contributed by atoms with Gasteiger partial charge >= 0.3 is 0 Å². The van der Waals surface area contributed by atoms with Crippen LogP contribution in [0.3, 0.4) is 0 Å². The van der Waals surface area contributed by atoms with Crippen molar-refractivity contribution in [1.29, 1.82) is 0 Å². The molecule has 0 saturated heterocycles. The second-order valence-electron chi connectivity index (χ2n) is 5.32. The second-order valence-corrected chi connectivity index (χ2v) is 5.32. The summed E-state index contributed by atoms with van der Waals surface area (Å²) in [4.78, 5) is 4.22. The molecule has 1 aliphatic carbocycles. The summed E-state index contributed by atoms with van der Waals surface area (Å²) in [7, 11) is 0. The standard InChI is InChI=1S/C17H16N2O/c1-2-12-8-9-18-11-16(12)15(3-1)17-7-6-14(20-17)10-19-13-4-5-13/h1-3,6-9,11,13,19H,4-5,10H2. The molecule has 0 amide bonds. The van der Waals surface area contributed by atoms with E-state index < -0.39 is 0 Å². The topological polar surface area (TPSA) is 38.1 Å². The zero-order valence-electron chi connectivity index (χ0n) is 11.2. The summed E-state index contributed by atoms with van der Waals surface area (Å²) in [5.41, 5.74) is 1.10. The van der Waals surface area contributed by atoms with Gasteiger partial charge in [0.1, 0.15) is 11.5 Å². The van der Waals surface area contributed by atoms with Gasteiger partial charge in [-0.05, 0) is 36.4 Å². The third kappa shape index (κ3) is 2.21. The molecule has 1 N–H and O–H groups in total. The number of aromatic nitrogens is 1. The van der Waals surface area contributed by atoms with Gasteiger partial charge < -0.3 is 9.73 Å². The monoisotopic (exact) mass is 264 g/mol. The molecule has 1 aliphatic rings. The van der Waals surface area contributed by atoms with Gasteiger partial charge in [-0.15, -0.1) is 0 Å². The Bertz CT molecular complexity index is 738. The van der Waals surface area contributed by atoms with Gasteiger partial charge in [-0.1, -0.05) is 18.2 Å². The van der Waals surface area contributed by atoms with E-state index in [1.165, 1.54) is 18.2 Å². The fourth-order valence-electron chi connectivity index (χ4n) is 2.48. The minimum Gasteiger partial charge on any atom is -0.460 e. The summed E-state index contributed by atoms with van der Waals surface area (Å²) in [5.74, 6) is 1.91. The molecular formula is C17H16N2O. The normalized spacial score (nSPS) is 14.8. The molecule has 1 fully saturated rings. The number of benzene rings is 1. The van der Waals surface area contributed by atoms with Crippen LogP contribution in [0, 0.1) is 0 Å². The minimum absolute atomic E-state index is 0.699. The number of rotatable bonds is 4. The van der Waals surface area contributed by atoms with Crippen molar-refractivity contribution in [1.82, 2.24) is 10.3 Å². The molecule has 1 saturated carbocycles. The van der Waals surface area contributed by atoms with Gasteiger partial charge in [-0.3, -0.25) is 4.98 Å². The van der Waals surface area contributed by atoms with Crippen LogP contribution in [0.2, 0.25) is 0 Å². The van der Waals surface area contributed by atoms with Crippen LogP contribution in [0.5, 0.6) is 0 Å². The van der Waals surface area contributed by atoms with Crippen molar-refractivity contribution in [2.75, 3.05) is 0 Å². The van der Waals surface area contributed by atoms with Crippen molar-refractivity contribution in [3.05, 3.63) is 54.6 Å². The molecule has 0 spiro atoms. The highest BCUT2D eigenvalue weighted by Crippen LogP contribution is 2.29. The molecule has 20 heavy (non-hydrogen) atoms. The number of fused-ring (bicyclic) bond motifs is 1. The molecule has 100 valence electrons. The summed E-state index contributed by atoms with van der Waals surface area (Å²) in [6, 6.07) is 13.1. The van der Waals surface area contributed by atoms with E-state index in [2.05, 4.69) is 34.6 Å². The molecule has 3 heteroatoms. The first-order valence-electron chi connectivity index (χ1n) is 7.05. The van der Waals surface area contributed by atoms with Gasteiger partial charge in [0, 0.05) is 29.4 Å². The average molecular weight is 264 g/mol. The summed E-state index contributed by atoms with van der Waals surface area (Å²) in [5, 5.41) is 5.79. The summed E-state index contributed by atoms with van der Waals surface area (Å²) in [6.07, 6.45) is 6.31. The minimum atomic E-state index is 0.699. The molecule has 0 atom stereocenters. The Morgan fingerprint density at radius 3 is 3.00 bits per heavy atom. The fourth-order valence-corrected chi connectivity index (χ4v) is 2.48. The van der Waals surface area contributed by atoms with Gasteiger partial charge in [0.05, 0.1) is 6.54 Å². The Morgan fingerprint density at radius 1 is 1.15 bits per heavy atom. The van der Waals surface area contributed by atoms with Crippen LogP contribution in [0.1, 0.15) is 18.6 Å². The van der Waals surface area contributed by atoms with Crippen LogP contribution >= 0.6 is 0 Å². The number of nitrogens with one attached hydrogen (secondary N) is 1. The largest absolute Gasteiger partial charge is 0.460 e. The SMILES string of the molecule is c1cc(-c2ccc(CNC3CC3)o2)c2cnccc2c1. The van der Waals surface area contributed by atoms with Crippen LogP contribution in [0.4, 0.5) is 0 Å². The first kappa shape index (κ1) is 11.7. The molecule has 4 rings (SSSR count). The van der Waals surface area contributed by atoms with Crippen LogP contribution in [-0.4, -0.2) is 11.0 Å². The molecule has 1 aromatic carbocycles. The van der Waals surface area contributed by atoms with Crippen LogP contribution in [0.15, 0.2) is 53.2 Å². The van der Waals surface area contributed by atoms with E-state index in [1.807, 2.05) is 24.5 Å². The highest BCUT2D eigenvalue weighted by molar-refractivity contribution is 5.94. The first-order chi connectivity index (χ1) is 9.90. The van der Waals surface area contributed by atoms with Gasteiger partial charge in [0.25, 0.3) is 0 Å². The van der Waals surface area contributed by atoms with Crippen molar-refractivity contribution in [2.45, 2.75) is 25.4 Å². The van der Waals surface area contributed by atoms with E-state index in [9.17, 15) is 0 Å². The maximum atomic E-state index is 5.97. The number of pyridine rings is 1. The van der Waals surface area contributed by atoms with Crippen LogP contribution < -0.4 is 5.32 Å². The highest BCUT2D eigenvalue weighted by atomic mass is 16.3. The van der Waals surface area contributed by atoms with E-state index in [4.69, 9.17) is 4.42 Å². The van der Waals surface area contributed by atoms with E-state index >= 15 is 0 Å². The molecular weight excluding hydrogens is 248 g/mol. The number of hydrogen-bond donors (Lipinski definition) is 1. The quantitative estimate of drug-likeness (QED) is 0.780. The Hall–Kier alpha value is -2.13. The second kappa shape index (κ2) is 4.76. The van der Waals surface area contributed by atoms with Crippen molar-refractivity contribution >= 4 is 10.8 Å². The molecule has 0 bridgehead atoms. The number of hydrogen-bond acceptors (Lipinski definition) is 3. The maximum absolute atomic E-state index is 5.97. The number of furan rings is 1. The Morgan fingerprint density at radius 2 is 2.10 bits per heavy atom. The first-order valence-corrected chi connectivity index (χ1v) is 7.05. The highest BCUT2D eigenvalue weighted by Gasteiger charge is 2.20. The third-order valence-electron chi connectivity index (χ3n) is 3.75. The maximum Gasteiger partial charge on any atom is 0.135 e. The van der Waals surface area contributed by atoms with Crippen LogP contribution in [-0.2, 0) is 6.54 Å². The third-order valence-corrected chi connectivity index (χ3v) is 3.75. The van der Waals surface area contributed by atoms with Crippen molar-refractivity contribution < 1.29 is 4.42 Å². The van der Waals surface area contributed by atoms with Crippen LogP contribution in [0.25, 0.3) is 22.1 Å². The lowest BCUT2D eigenvalue weighted by Gasteiger charge is -2.03. The van der Waals surface area contributed by atoms with Gasteiger partial charge in [0.15, 0.2) is 0 Å². The fraction of sp³-hybridized carbons (Fsp3) is 0.235. The van der Waals surface area contributed by atoms with E-state index in [1.54, 1.807) is 0 Å². The Labute approximate surface area is 117 Å². The summed E-state index contributed by atoms with van der Waals surface area (Å²) in [6.45, 7) is 0.813. The average Bonchev–Trinajstić information content (AvgIpc) is 3.21. The smallest absolute Gasteiger partial charge is 0.135 e. The lowest BCUT2D eigenvalue weighted by Crippen LogP contribution is -2.14. The predicted octanol–water partition coefficient (Wildman–Crippen LogP) is 3.75. The van der Waals surface area contributed by atoms with Gasteiger partial charge in [-0.25, -0.2) is 0 Å². The van der Waals surface area contributed by atoms with E-state index in [0.29, 0.717) is 6.04 Å². The zero-order valence-corrected chi connectivity index (χ0v) is 11.2. The van der Waals surface area contributed by atoms with Gasteiger partial charge in [-0.2, -0.15) is 0 Å². The summed E-state index contributed by atoms with van der Waals surface area (Å²) >= 11 is 0. The molecule has 3 nitrogen and oxygen atoms in total. The molecule has 0 unspecified atom stereocenters. The van der Waals surface area contributed by atoms with Gasteiger partial charge in [0.2, 0.25) is 0 Å². The molecule has 3 aromatic rings. The lowest BCUT2D eigenvalue weighted by molar-refractivity contribution is 0.493. The van der Waals surface area contributed by atoms with E-state index in [-0.39, 0.29) is 0 Å². The van der Waals surface area contributed by atoms with E-state index in [0.717, 1.165) is 29.0 Å². The Kier molecular flexibility index (Phi) is 2.78. The molecule has 0 aliphatic heterocycles. The van der Waals surface area contributed by atoms with Crippen molar-refractivity contribution in [3.8, 4) is 11.3 Å². The molecule has 2 heterocycles. The summed E-state index contributed by atoms with van der Waals surface area (Å²) < 4.78 is 5.97. The van der Waals surface area contributed by atoms with Crippen molar-refractivity contribution in [2.24, 2.45) is 0 Å². The predicted molar refractivity (Wildman–Crippen MR) is 79.3 cm³/mol. The number of nitrogens with zero attached hydrogens (tertiary/aromatic N) is 1. The lowest BCUT2D eigenvalue weighted by atomic mass is 10.1. The molecule has 2 aromatic heterocycles. The van der Waals surface area contributed by atoms with Crippen molar-refractivity contribution in [3.63, 3.8) is 0 Å². The zero-order chi connectivity index (χ0) is 13.4.